The molecule has 1 heterocycles. The molecule has 4 nitrogen and oxygen atoms in total. The molecule has 0 spiro atoms. The summed E-state index contributed by atoms with van der Waals surface area (Å²) in [6, 6.07) is 3.99. The topological polar surface area (TPSA) is 49.8 Å². The Hall–Kier alpha value is -1.33. The molecule has 0 aliphatic carbocycles. The predicted octanol–water partition coefficient (Wildman–Crippen LogP) is 2.62. The van der Waals surface area contributed by atoms with Crippen molar-refractivity contribution in [1.82, 2.24) is 4.90 Å². The summed E-state index contributed by atoms with van der Waals surface area (Å²) >= 11 is 5.85. The van der Waals surface area contributed by atoms with E-state index in [0.717, 1.165) is 31.9 Å². The third-order valence-corrected chi connectivity index (χ3v) is 3.93. The van der Waals surface area contributed by atoms with Crippen molar-refractivity contribution in [2.75, 3.05) is 19.8 Å². The SMILES string of the molecule is O=C(COc1ccc(F)cc1Cl)N1CCCC1CCCO. The molecule has 2 rings (SSSR count). The quantitative estimate of drug-likeness (QED) is 0.878. The number of likely N-dealkylation sites (tertiary alicyclic amines) is 1. The van der Waals surface area contributed by atoms with Gasteiger partial charge in [0.05, 0.1) is 5.02 Å². The number of ether oxygens (including phenoxy) is 1. The van der Waals surface area contributed by atoms with Crippen molar-refractivity contribution in [3.8, 4) is 5.75 Å². The molecule has 1 amide bonds. The van der Waals surface area contributed by atoms with Gasteiger partial charge in [-0.25, -0.2) is 4.39 Å². The van der Waals surface area contributed by atoms with Crippen LogP contribution in [0.3, 0.4) is 0 Å². The number of hydrogen-bond acceptors (Lipinski definition) is 3. The molecule has 1 N–H and O–H groups in total. The first-order valence-corrected chi connectivity index (χ1v) is 7.48. The smallest absolute Gasteiger partial charge is 0.260 e. The first-order valence-electron chi connectivity index (χ1n) is 7.10. The van der Waals surface area contributed by atoms with E-state index in [1.807, 2.05) is 0 Å². The maximum atomic E-state index is 12.9. The Balaban J connectivity index is 1.88. The predicted molar refractivity (Wildman–Crippen MR) is 78.0 cm³/mol. The summed E-state index contributed by atoms with van der Waals surface area (Å²) < 4.78 is 18.3. The number of benzene rings is 1. The van der Waals surface area contributed by atoms with Crippen LogP contribution in [0.25, 0.3) is 0 Å². The maximum Gasteiger partial charge on any atom is 0.260 e. The van der Waals surface area contributed by atoms with Crippen molar-refractivity contribution < 1.29 is 19.0 Å². The van der Waals surface area contributed by atoms with E-state index in [1.165, 1.54) is 12.1 Å². The lowest BCUT2D eigenvalue weighted by atomic mass is 10.1. The second kappa shape index (κ2) is 7.61. The molecule has 0 aromatic heterocycles. The monoisotopic (exact) mass is 315 g/mol. The molecule has 1 aromatic carbocycles. The van der Waals surface area contributed by atoms with Gasteiger partial charge in [0.15, 0.2) is 6.61 Å². The average molecular weight is 316 g/mol. The number of halogens is 2. The van der Waals surface area contributed by atoms with Crippen LogP contribution in [0.4, 0.5) is 4.39 Å². The molecule has 6 heteroatoms. The van der Waals surface area contributed by atoms with Crippen LogP contribution in [0.2, 0.25) is 5.02 Å². The molecule has 1 aromatic rings. The van der Waals surface area contributed by atoms with E-state index in [1.54, 1.807) is 4.90 Å². The van der Waals surface area contributed by atoms with E-state index in [9.17, 15) is 9.18 Å². The molecule has 1 aliphatic rings. The van der Waals surface area contributed by atoms with Gasteiger partial charge < -0.3 is 14.7 Å². The van der Waals surface area contributed by atoms with Gasteiger partial charge in [0, 0.05) is 19.2 Å². The number of aliphatic hydroxyl groups is 1. The van der Waals surface area contributed by atoms with Gasteiger partial charge in [0.25, 0.3) is 5.91 Å². The third kappa shape index (κ3) is 4.32. The minimum absolute atomic E-state index is 0.101. The molecular weight excluding hydrogens is 297 g/mol. The highest BCUT2D eigenvalue weighted by atomic mass is 35.5. The molecule has 1 aliphatic heterocycles. The summed E-state index contributed by atoms with van der Waals surface area (Å²) in [5.74, 6) is -0.240. The second-order valence-electron chi connectivity index (χ2n) is 5.11. The second-order valence-corrected chi connectivity index (χ2v) is 5.52. The molecule has 1 atom stereocenters. The van der Waals surface area contributed by atoms with Gasteiger partial charge in [-0.15, -0.1) is 0 Å². The van der Waals surface area contributed by atoms with E-state index in [2.05, 4.69) is 0 Å². The van der Waals surface area contributed by atoms with Crippen molar-refractivity contribution in [1.29, 1.82) is 0 Å². The Labute approximate surface area is 128 Å². The number of carbonyl (C=O) groups is 1. The van der Waals surface area contributed by atoms with Crippen LogP contribution in [0.5, 0.6) is 5.75 Å². The lowest BCUT2D eigenvalue weighted by Crippen LogP contribution is -2.38. The van der Waals surface area contributed by atoms with Gasteiger partial charge in [0.1, 0.15) is 11.6 Å². The molecule has 0 saturated carbocycles. The maximum absolute atomic E-state index is 12.9. The van der Waals surface area contributed by atoms with Gasteiger partial charge in [-0.1, -0.05) is 11.6 Å². The van der Waals surface area contributed by atoms with Crippen LogP contribution in [-0.2, 0) is 4.79 Å². The Morgan fingerprint density at radius 3 is 3.05 bits per heavy atom. The van der Waals surface area contributed by atoms with Crippen LogP contribution in [0.15, 0.2) is 18.2 Å². The van der Waals surface area contributed by atoms with Crippen LogP contribution in [0.1, 0.15) is 25.7 Å². The fraction of sp³-hybridized carbons (Fsp3) is 0.533. The number of hydrogen-bond donors (Lipinski definition) is 1. The number of carbonyl (C=O) groups excluding carboxylic acids is 1. The summed E-state index contributed by atoms with van der Waals surface area (Å²) in [7, 11) is 0. The average Bonchev–Trinajstić information content (AvgIpc) is 2.92. The van der Waals surface area contributed by atoms with Crippen LogP contribution < -0.4 is 4.74 Å². The van der Waals surface area contributed by atoms with Gasteiger partial charge in [-0.2, -0.15) is 0 Å². The van der Waals surface area contributed by atoms with Gasteiger partial charge >= 0.3 is 0 Å². The van der Waals surface area contributed by atoms with Crippen molar-refractivity contribution >= 4 is 17.5 Å². The third-order valence-electron chi connectivity index (χ3n) is 3.64. The van der Waals surface area contributed by atoms with Crippen molar-refractivity contribution in [3.63, 3.8) is 0 Å². The Bertz CT molecular complexity index is 498. The van der Waals surface area contributed by atoms with Gasteiger partial charge in [-0.05, 0) is 43.9 Å². The van der Waals surface area contributed by atoms with E-state index in [4.69, 9.17) is 21.4 Å². The van der Waals surface area contributed by atoms with E-state index < -0.39 is 5.82 Å². The fourth-order valence-corrected chi connectivity index (χ4v) is 2.83. The largest absolute Gasteiger partial charge is 0.482 e. The molecule has 0 radical (unpaired) electrons. The summed E-state index contributed by atoms with van der Waals surface area (Å²) in [6.45, 7) is 0.747. The minimum Gasteiger partial charge on any atom is -0.482 e. The summed E-state index contributed by atoms with van der Waals surface area (Å²) in [6.07, 6.45) is 3.43. The van der Waals surface area contributed by atoms with Crippen LogP contribution >= 0.6 is 11.6 Å². The van der Waals surface area contributed by atoms with E-state index in [-0.39, 0.29) is 30.2 Å². The Kier molecular flexibility index (Phi) is 5.82. The zero-order valence-corrected chi connectivity index (χ0v) is 12.5. The Morgan fingerprint density at radius 2 is 2.33 bits per heavy atom. The molecule has 21 heavy (non-hydrogen) atoms. The molecule has 116 valence electrons. The minimum atomic E-state index is -0.442. The zero-order valence-electron chi connectivity index (χ0n) is 11.7. The van der Waals surface area contributed by atoms with Gasteiger partial charge in [-0.3, -0.25) is 4.79 Å². The molecular formula is C15H19ClFNO3. The number of nitrogens with zero attached hydrogens (tertiary/aromatic N) is 1. The molecule has 1 unspecified atom stereocenters. The highest BCUT2D eigenvalue weighted by molar-refractivity contribution is 6.32. The van der Waals surface area contributed by atoms with E-state index >= 15 is 0 Å². The standard InChI is InChI=1S/C15H19ClFNO3/c16-13-9-11(17)5-6-14(13)21-10-15(20)18-7-1-3-12(18)4-2-8-19/h5-6,9,12,19H,1-4,7-8,10H2. The van der Waals surface area contributed by atoms with Crippen molar-refractivity contribution in [2.45, 2.75) is 31.7 Å². The van der Waals surface area contributed by atoms with E-state index in [0.29, 0.717) is 12.2 Å². The van der Waals surface area contributed by atoms with Crippen molar-refractivity contribution in [3.05, 3.63) is 29.0 Å². The van der Waals surface area contributed by atoms with Gasteiger partial charge in [0.2, 0.25) is 0 Å². The zero-order chi connectivity index (χ0) is 15.2. The first-order chi connectivity index (χ1) is 10.1. The number of rotatable bonds is 6. The normalized spacial score (nSPS) is 18.0. The number of amides is 1. The summed E-state index contributed by atoms with van der Waals surface area (Å²) in [5.41, 5.74) is 0. The number of aliphatic hydroxyl groups excluding tert-OH is 1. The molecule has 0 bridgehead atoms. The molecule has 1 saturated heterocycles. The highest BCUT2D eigenvalue weighted by Crippen LogP contribution is 2.26. The molecule has 1 fully saturated rings. The lowest BCUT2D eigenvalue weighted by molar-refractivity contribution is -0.134. The summed E-state index contributed by atoms with van der Waals surface area (Å²) in [5, 5.41) is 9.04. The van der Waals surface area contributed by atoms with Crippen LogP contribution in [0, 0.1) is 5.82 Å². The highest BCUT2D eigenvalue weighted by Gasteiger charge is 2.28. The summed E-state index contributed by atoms with van der Waals surface area (Å²) in [4.78, 5) is 14.0. The fourth-order valence-electron chi connectivity index (χ4n) is 2.61. The lowest BCUT2D eigenvalue weighted by Gasteiger charge is -2.24. The first kappa shape index (κ1) is 16.0. The van der Waals surface area contributed by atoms with Crippen LogP contribution in [-0.4, -0.2) is 41.7 Å². The van der Waals surface area contributed by atoms with Crippen molar-refractivity contribution in [2.24, 2.45) is 0 Å². The Morgan fingerprint density at radius 1 is 1.52 bits per heavy atom.